The van der Waals surface area contributed by atoms with Crippen LogP contribution in [0.4, 0.5) is 0 Å². The van der Waals surface area contributed by atoms with Crippen LogP contribution in [0, 0.1) is 0 Å². The number of carbonyl (C=O) groups excluding carboxylic acids is 1. The molecule has 5 heteroatoms. The highest BCUT2D eigenvalue weighted by Gasteiger charge is 2.20. The highest BCUT2D eigenvalue weighted by Crippen LogP contribution is 2.35. The van der Waals surface area contributed by atoms with E-state index >= 15 is 0 Å². The molecule has 0 unspecified atom stereocenters. The highest BCUT2D eigenvalue weighted by atomic mass is 35.5. The fourth-order valence-corrected chi connectivity index (χ4v) is 3.84. The molecule has 0 saturated carbocycles. The third kappa shape index (κ3) is 3.26. The van der Waals surface area contributed by atoms with Crippen LogP contribution in [0.2, 0.25) is 5.02 Å². The van der Waals surface area contributed by atoms with Crippen LogP contribution in [0.25, 0.3) is 22.3 Å². The van der Waals surface area contributed by atoms with Crippen molar-refractivity contribution in [1.82, 2.24) is 14.5 Å². The number of hydrogen-bond acceptors (Lipinski definition) is 3. The van der Waals surface area contributed by atoms with Crippen LogP contribution in [0.15, 0.2) is 30.5 Å². The molecule has 0 amide bonds. The summed E-state index contributed by atoms with van der Waals surface area (Å²) in [5.74, 6) is 1.06. The summed E-state index contributed by atoms with van der Waals surface area (Å²) in [6, 6.07) is 8.13. The molecule has 0 fully saturated rings. The molecular formula is C21H24ClN3O. The minimum Gasteiger partial charge on any atom is -0.310 e. The smallest absolute Gasteiger partial charge is 0.160 e. The van der Waals surface area contributed by atoms with Crippen molar-refractivity contribution < 1.29 is 4.79 Å². The summed E-state index contributed by atoms with van der Waals surface area (Å²) in [5.41, 5.74) is 4.63. The maximum absolute atomic E-state index is 10.7. The molecule has 0 aliphatic rings. The van der Waals surface area contributed by atoms with Gasteiger partial charge in [0.15, 0.2) is 5.65 Å². The number of halogens is 1. The number of nitrogens with zero attached hydrogens (tertiary/aromatic N) is 3. The molecule has 26 heavy (non-hydrogen) atoms. The Morgan fingerprint density at radius 3 is 2.54 bits per heavy atom. The minimum atomic E-state index is 0.370. The summed E-state index contributed by atoms with van der Waals surface area (Å²) in [7, 11) is 0. The number of hydrogen-bond donors (Lipinski definition) is 0. The van der Waals surface area contributed by atoms with E-state index in [-0.39, 0.29) is 0 Å². The van der Waals surface area contributed by atoms with Gasteiger partial charge >= 0.3 is 0 Å². The zero-order chi connectivity index (χ0) is 18.7. The summed E-state index contributed by atoms with van der Waals surface area (Å²) >= 11 is 6.53. The van der Waals surface area contributed by atoms with E-state index in [0.717, 1.165) is 59.2 Å². The molecule has 4 nitrogen and oxygen atoms in total. The first kappa shape index (κ1) is 18.6. The number of aryl methyl sites for hydroxylation is 1. The second-order valence-corrected chi connectivity index (χ2v) is 6.84. The summed E-state index contributed by atoms with van der Waals surface area (Å²) in [5, 5.41) is 0.631. The first-order valence-electron chi connectivity index (χ1n) is 9.22. The summed E-state index contributed by atoms with van der Waals surface area (Å²) < 4.78 is 2.29. The summed E-state index contributed by atoms with van der Waals surface area (Å²) in [6.07, 6.45) is 6.03. The summed E-state index contributed by atoms with van der Waals surface area (Å²) in [6.45, 7) is 6.53. The largest absolute Gasteiger partial charge is 0.310 e. The van der Waals surface area contributed by atoms with Crippen LogP contribution in [0.1, 0.15) is 51.0 Å². The van der Waals surface area contributed by atoms with E-state index in [1.807, 2.05) is 30.5 Å². The van der Waals surface area contributed by atoms with Gasteiger partial charge in [-0.2, -0.15) is 0 Å². The van der Waals surface area contributed by atoms with E-state index in [4.69, 9.17) is 16.6 Å². The molecule has 0 aliphatic carbocycles. The Hall–Kier alpha value is -2.20. The lowest BCUT2D eigenvalue weighted by Crippen LogP contribution is -2.11. The Bertz CT molecular complexity index is 928. The van der Waals surface area contributed by atoms with E-state index in [2.05, 4.69) is 30.3 Å². The molecule has 136 valence electrons. The van der Waals surface area contributed by atoms with E-state index in [0.29, 0.717) is 17.5 Å². The molecule has 2 aromatic heterocycles. The SMILES string of the molecule is CCc1nc2c(-c3ccc(CC=O)cc3Cl)ccnc2n1C(CC)CC. The third-order valence-corrected chi connectivity index (χ3v) is 5.23. The van der Waals surface area contributed by atoms with Gasteiger partial charge in [-0.15, -0.1) is 0 Å². The van der Waals surface area contributed by atoms with Gasteiger partial charge in [0, 0.05) is 41.2 Å². The first-order chi connectivity index (χ1) is 12.6. The molecular weight excluding hydrogens is 346 g/mol. The third-order valence-electron chi connectivity index (χ3n) is 4.92. The van der Waals surface area contributed by atoms with Gasteiger partial charge in [-0.3, -0.25) is 0 Å². The van der Waals surface area contributed by atoms with Crippen molar-refractivity contribution in [1.29, 1.82) is 0 Å². The fourth-order valence-electron chi connectivity index (χ4n) is 3.54. The van der Waals surface area contributed by atoms with Crippen LogP contribution < -0.4 is 0 Å². The normalized spacial score (nSPS) is 11.4. The maximum atomic E-state index is 10.7. The topological polar surface area (TPSA) is 47.8 Å². The molecule has 0 radical (unpaired) electrons. The Morgan fingerprint density at radius 1 is 1.15 bits per heavy atom. The van der Waals surface area contributed by atoms with Crippen molar-refractivity contribution in [3.8, 4) is 11.1 Å². The molecule has 3 aromatic rings. The fraction of sp³-hybridized carbons (Fsp3) is 0.381. The molecule has 0 N–H and O–H groups in total. The molecule has 0 atom stereocenters. The monoisotopic (exact) mass is 369 g/mol. The Labute approximate surface area is 159 Å². The van der Waals surface area contributed by atoms with Gasteiger partial charge in [0.1, 0.15) is 17.6 Å². The highest BCUT2D eigenvalue weighted by molar-refractivity contribution is 6.33. The van der Waals surface area contributed by atoms with Crippen molar-refractivity contribution in [3.05, 3.63) is 46.9 Å². The number of imidazole rings is 1. The lowest BCUT2D eigenvalue weighted by atomic mass is 10.0. The van der Waals surface area contributed by atoms with Crippen molar-refractivity contribution in [2.75, 3.05) is 0 Å². The van der Waals surface area contributed by atoms with E-state index in [1.165, 1.54) is 0 Å². The molecule has 0 bridgehead atoms. The lowest BCUT2D eigenvalue weighted by Gasteiger charge is -2.17. The maximum Gasteiger partial charge on any atom is 0.160 e. The van der Waals surface area contributed by atoms with Gasteiger partial charge in [-0.05, 0) is 30.5 Å². The zero-order valence-electron chi connectivity index (χ0n) is 15.5. The van der Waals surface area contributed by atoms with Crippen LogP contribution >= 0.6 is 11.6 Å². The van der Waals surface area contributed by atoms with Crippen LogP contribution in [0.5, 0.6) is 0 Å². The van der Waals surface area contributed by atoms with Crippen molar-refractivity contribution in [2.45, 2.75) is 52.5 Å². The second-order valence-electron chi connectivity index (χ2n) is 6.44. The molecule has 1 aromatic carbocycles. The van der Waals surface area contributed by atoms with Gasteiger partial charge in [-0.25, -0.2) is 9.97 Å². The van der Waals surface area contributed by atoms with Crippen molar-refractivity contribution >= 4 is 29.1 Å². The number of carbonyl (C=O) groups is 1. The van der Waals surface area contributed by atoms with Crippen molar-refractivity contribution in [2.24, 2.45) is 0 Å². The molecule has 2 heterocycles. The Morgan fingerprint density at radius 2 is 1.92 bits per heavy atom. The number of benzene rings is 1. The zero-order valence-corrected chi connectivity index (χ0v) is 16.3. The molecule has 3 rings (SSSR count). The van der Waals surface area contributed by atoms with E-state index in [1.54, 1.807) is 0 Å². The predicted molar refractivity (Wildman–Crippen MR) is 107 cm³/mol. The van der Waals surface area contributed by atoms with Gasteiger partial charge in [-0.1, -0.05) is 44.5 Å². The van der Waals surface area contributed by atoms with Crippen LogP contribution in [0.3, 0.4) is 0 Å². The van der Waals surface area contributed by atoms with Gasteiger partial charge < -0.3 is 9.36 Å². The van der Waals surface area contributed by atoms with E-state index < -0.39 is 0 Å². The Kier molecular flexibility index (Phi) is 5.72. The standard InChI is InChI=1S/C21H24ClN3O/c1-4-15(5-2)25-19(6-3)24-20-17(9-11-23-21(20)25)16-8-7-14(10-12-26)13-18(16)22/h7-9,11-13,15H,4-6,10H2,1-3H3. The summed E-state index contributed by atoms with van der Waals surface area (Å²) in [4.78, 5) is 20.3. The van der Waals surface area contributed by atoms with Crippen LogP contribution in [-0.4, -0.2) is 20.8 Å². The van der Waals surface area contributed by atoms with Crippen molar-refractivity contribution in [3.63, 3.8) is 0 Å². The number of pyridine rings is 1. The lowest BCUT2D eigenvalue weighted by molar-refractivity contribution is -0.107. The van der Waals surface area contributed by atoms with Gasteiger partial charge in [0.05, 0.1) is 0 Å². The number of aldehydes is 1. The average molecular weight is 370 g/mol. The average Bonchev–Trinajstić information content (AvgIpc) is 3.02. The first-order valence-corrected chi connectivity index (χ1v) is 9.60. The molecule has 0 spiro atoms. The number of rotatable bonds is 7. The quantitative estimate of drug-likeness (QED) is 0.522. The van der Waals surface area contributed by atoms with Gasteiger partial charge in [0.2, 0.25) is 0 Å². The number of fused-ring (bicyclic) bond motifs is 1. The molecule has 0 saturated heterocycles. The Balaban J connectivity index is 2.21. The van der Waals surface area contributed by atoms with Crippen LogP contribution in [-0.2, 0) is 17.6 Å². The van der Waals surface area contributed by atoms with E-state index in [9.17, 15) is 4.79 Å². The second kappa shape index (κ2) is 8.00. The molecule has 0 aliphatic heterocycles. The number of aromatic nitrogens is 3. The predicted octanol–water partition coefficient (Wildman–Crippen LogP) is 5.42. The minimum absolute atomic E-state index is 0.370. The van der Waals surface area contributed by atoms with Gasteiger partial charge in [0.25, 0.3) is 0 Å².